The molecule has 5 N–H and O–H groups in total. The quantitative estimate of drug-likeness (QED) is 0.342. The minimum Gasteiger partial charge on any atom is -0.480 e. The monoisotopic (exact) mass is 532 g/mol. The Morgan fingerprint density at radius 1 is 0.947 bits per heavy atom. The van der Waals surface area contributed by atoms with Crippen molar-refractivity contribution >= 4 is 23.6 Å². The molecule has 1 aliphatic carbocycles. The van der Waals surface area contributed by atoms with Crippen LogP contribution >= 0.6 is 0 Å². The first-order chi connectivity index (χ1) is 18.3. The van der Waals surface area contributed by atoms with Gasteiger partial charge in [0, 0.05) is 44.8 Å². The van der Waals surface area contributed by atoms with E-state index in [1.807, 2.05) is 4.90 Å². The van der Waals surface area contributed by atoms with Crippen molar-refractivity contribution in [2.45, 2.75) is 88.1 Å². The van der Waals surface area contributed by atoms with Gasteiger partial charge in [-0.15, -0.1) is 0 Å². The lowest BCUT2D eigenvalue weighted by Gasteiger charge is -2.44. The number of aliphatic carboxylic acids is 1. The van der Waals surface area contributed by atoms with E-state index in [1.54, 1.807) is 4.90 Å². The number of nitrogens with one attached hydrogen (secondary N) is 2. The van der Waals surface area contributed by atoms with Crippen LogP contribution in [0.5, 0.6) is 0 Å². The molecule has 3 saturated heterocycles. The fourth-order valence-electron chi connectivity index (χ4n) is 6.66. The number of piperidine rings is 2. The van der Waals surface area contributed by atoms with E-state index in [-0.39, 0.29) is 35.4 Å². The molecule has 5 atom stereocenters. The third-order valence-corrected chi connectivity index (χ3v) is 8.83. The van der Waals surface area contributed by atoms with E-state index in [4.69, 9.17) is 0 Å². The van der Waals surface area contributed by atoms with Crippen molar-refractivity contribution in [1.82, 2.24) is 19.8 Å². The number of amides is 1. The molecule has 5 unspecified atom stereocenters. The summed E-state index contributed by atoms with van der Waals surface area (Å²) in [5, 5.41) is 33.7. The predicted molar refractivity (Wildman–Crippen MR) is 140 cm³/mol. The zero-order valence-corrected chi connectivity index (χ0v) is 21.8. The fourth-order valence-corrected chi connectivity index (χ4v) is 6.66. The second-order valence-corrected chi connectivity index (χ2v) is 11.3. The van der Waals surface area contributed by atoms with E-state index in [9.17, 15) is 29.7 Å². The number of nitrogens with zero attached hydrogens (tertiary/aromatic N) is 4. The molecule has 1 aromatic heterocycles. The van der Waals surface area contributed by atoms with E-state index in [2.05, 4.69) is 20.2 Å². The first kappa shape index (κ1) is 26.9. The van der Waals surface area contributed by atoms with Crippen LogP contribution in [0.25, 0.3) is 0 Å². The van der Waals surface area contributed by atoms with Crippen molar-refractivity contribution in [2.24, 2.45) is 5.92 Å². The summed E-state index contributed by atoms with van der Waals surface area (Å²) < 4.78 is 0. The lowest BCUT2D eigenvalue weighted by molar-refractivity contribution is -0.142. The van der Waals surface area contributed by atoms with E-state index >= 15 is 0 Å². The average Bonchev–Trinajstić information content (AvgIpc) is 3.40. The van der Waals surface area contributed by atoms with Crippen molar-refractivity contribution in [3.05, 3.63) is 16.4 Å². The lowest BCUT2D eigenvalue weighted by atomic mass is 9.85. The SMILES string of the molecule is O=C(O)C1CCCN1c1cc(=O)[nH]c(NC2CN(C3CCN(C(=O)C4CCCCC4O)CC3)CCC2O)n1. The molecule has 0 radical (unpaired) electrons. The Balaban J connectivity index is 1.19. The molecule has 12 nitrogen and oxygen atoms in total. The molecule has 0 bridgehead atoms. The van der Waals surface area contributed by atoms with Gasteiger partial charge in [-0.25, -0.2) is 4.79 Å². The predicted octanol–water partition coefficient (Wildman–Crippen LogP) is 0.213. The molecule has 5 rings (SSSR count). The third kappa shape index (κ3) is 5.81. The highest BCUT2D eigenvalue weighted by Crippen LogP contribution is 2.29. The second kappa shape index (κ2) is 11.6. The number of hydrogen-bond donors (Lipinski definition) is 5. The fraction of sp³-hybridized carbons (Fsp3) is 0.769. The largest absolute Gasteiger partial charge is 0.480 e. The minimum atomic E-state index is -0.930. The highest BCUT2D eigenvalue weighted by Gasteiger charge is 2.37. The number of rotatable bonds is 6. The molecule has 0 spiro atoms. The summed E-state index contributed by atoms with van der Waals surface area (Å²) in [7, 11) is 0. The maximum atomic E-state index is 13.0. The minimum absolute atomic E-state index is 0.0855. The van der Waals surface area contributed by atoms with E-state index in [1.165, 1.54) is 6.07 Å². The summed E-state index contributed by atoms with van der Waals surface area (Å²) in [6.45, 7) is 3.17. The Kier molecular flexibility index (Phi) is 8.20. The number of aromatic nitrogens is 2. The van der Waals surface area contributed by atoms with Gasteiger partial charge in [0.25, 0.3) is 5.56 Å². The molecule has 12 heteroatoms. The van der Waals surface area contributed by atoms with Crippen LogP contribution in [0.3, 0.4) is 0 Å². The van der Waals surface area contributed by atoms with Gasteiger partial charge in [-0.3, -0.25) is 19.5 Å². The maximum Gasteiger partial charge on any atom is 0.326 e. The number of hydrogen-bond acceptors (Lipinski definition) is 9. The Hall–Kier alpha value is -2.70. The Morgan fingerprint density at radius 3 is 2.45 bits per heavy atom. The van der Waals surface area contributed by atoms with Gasteiger partial charge in [-0.1, -0.05) is 12.8 Å². The molecule has 1 amide bonds. The van der Waals surface area contributed by atoms with Crippen LogP contribution in [0.15, 0.2) is 10.9 Å². The van der Waals surface area contributed by atoms with Crippen molar-refractivity contribution in [2.75, 3.05) is 42.9 Å². The van der Waals surface area contributed by atoms with Gasteiger partial charge in [0.15, 0.2) is 0 Å². The number of carbonyl (C=O) groups is 2. The van der Waals surface area contributed by atoms with Crippen LogP contribution in [0.4, 0.5) is 11.8 Å². The number of aliphatic hydroxyl groups excluding tert-OH is 2. The van der Waals surface area contributed by atoms with Crippen LogP contribution < -0.4 is 15.8 Å². The highest BCUT2D eigenvalue weighted by atomic mass is 16.4. The van der Waals surface area contributed by atoms with Crippen LogP contribution in [0.2, 0.25) is 0 Å². The second-order valence-electron chi connectivity index (χ2n) is 11.3. The number of aromatic amines is 1. The summed E-state index contributed by atoms with van der Waals surface area (Å²) in [5.41, 5.74) is -0.379. The summed E-state index contributed by atoms with van der Waals surface area (Å²) in [5.74, 6) is -0.567. The van der Waals surface area contributed by atoms with Crippen molar-refractivity contribution in [3.63, 3.8) is 0 Å². The maximum absolute atomic E-state index is 13.0. The first-order valence-corrected chi connectivity index (χ1v) is 14.1. The number of carboxylic acids is 1. The normalized spacial score (nSPS) is 31.4. The van der Waals surface area contributed by atoms with Gasteiger partial charge in [-0.2, -0.15) is 4.98 Å². The van der Waals surface area contributed by atoms with Crippen molar-refractivity contribution in [3.8, 4) is 0 Å². The van der Waals surface area contributed by atoms with Gasteiger partial charge in [0.05, 0.1) is 24.2 Å². The highest BCUT2D eigenvalue weighted by molar-refractivity contribution is 5.79. The molecule has 210 valence electrons. The van der Waals surface area contributed by atoms with Crippen LogP contribution in [-0.4, -0.2) is 110 Å². The Labute approximate surface area is 222 Å². The summed E-state index contributed by atoms with van der Waals surface area (Å²) in [6, 6.07) is 0.545. The zero-order valence-electron chi connectivity index (χ0n) is 21.8. The van der Waals surface area contributed by atoms with Gasteiger partial charge in [-0.05, 0) is 44.9 Å². The van der Waals surface area contributed by atoms with Gasteiger partial charge < -0.3 is 30.4 Å². The van der Waals surface area contributed by atoms with Crippen LogP contribution in [-0.2, 0) is 9.59 Å². The smallest absolute Gasteiger partial charge is 0.326 e. The molecular weight excluding hydrogens is 492 g/mol. The molecule has 1 aromatic rings. The van der Waals surface area contributed by atoms with Gasteiger partial charge >= 0.3 is 5.97 Å². The molecular formula is C26H40N6O6. The number of likely N-dealkylation sites (tertiary alicyclic amines) is 2. The summed E-state index contributed by atoms with van der Waals surface area (Å²) in [6.07, 6.45) is 5.79. The number of carboxylic acid groups (broad SMARTS) is 1. The average molecular weight is 533 g/mol. The molecule has 1 saturated carbocycles. The molecule has 3 aliphatic heterocycles. The van der Waals surface area contributed by atoms with E-state index in [0.717, 1.165) is 45.1 Å². The van der Waals surface area contributed by atoms with E-state index in [0.29, 0.717) is 51.3 Å². The number of aliphatic hydroxyl groups is 2. The molecule has 4 heterocycles. The Morgan fingerprint density at radius 2 is 1.71 bits per heavy atom. The molecule has 4 aliphatic rings. The van der Waals surface area contributed by atoms with Crippen molar-refractivity contribution in [1.29, 1.82) is 0 Å². The lowest BCUT2D eigenvalue weighted by Crippen LogP contribution is -2.56. The van der Waals surface area contributed by atoms with E-state index < -0.39 is 24.2 Å². The number of carbonyl (C=O) groups excluding carboxylic acids is 1. The number of anilines is 2. The summed E-state index contributed by atoms with van der Waals surface area (Å²) in [4.78, 5) is 50.0. The molecule has 0 aromatic carbocycles. The standard InChI is InChI=1S/C26H40N6O6/c33-20-6-2-1-4-17(20)24(36)30-11-7-16(8-12-30)31-13-9-21(34)18(15-31)27-26-28-22(14-23(35)29-26)32-10-3-5-19(32)25(37)38/h14,16-21,33-34H,1-13,15H2,(H,37,38)(H2,27,28,29,35). The van der Waals surface area contributed by atoms with Gasteiger partial charge in [0.2, 0.25) is 11.9 Å². The van der Waals surface area contributed by atoms with Crippen LogP contribution in [0, 0.1) is 5.92 Å². The Bertz CT molecular complexity index is 1060. The first-order valence-electron chi connectivity index (χ1n) is 14.1. The zero-order chi connectivity index (χ0) is 26.8. The van der Waals surface area contributed by atoms with Gasteiger partial charge in [0.1, 0.15) is 11.9 Å². The summed E-state index contributed by atoms with van der Waals surface area (Å²) >= 11 is 0. The van der Waals surface area contributed by atoms with Crippen molar-refractivity contribution < 1.29 is 24.9 Å². The topological polar surface area (TPSA) is 162 Å². The molecule has 4 fully saturated rings. The third-order valence-electron chi connectivity index (χ3n) is 8.83. The molecule has 38 heavy (non-hydrogen) atoms. The van der Waals surface area contributed by atoms with Crippen LogP contribution in [0.1, 0.15) is 57.8 Å². The number of H-pyrrole nitrogens is 1.